The highest BCUT2D eigenvalue weighted by molar-refractivity contribution is 6.31. The van der Waals surface area contributed by atoms with Crippen LogP contribution in [0.25, 0.3) is 21.8 Å². The van der Waals surface area contributed by atoms with Crippen LogP contribution in [0.3, 0.4) is 0 Å². The number of hydrogen-bond acceptors (Lipinski definition) is 2. The van der Waals surface area contributed by atoms with Gasteiger partial charge in [0.2, 0.25) is 0 Å². The van der Waals surface area contributed by atoms with Crippen LogP contribution in [0.4, 0.5) is 5.69 Å². The highest BCUT2D eigenvalue weighted by Crippen LogP contribution is 2.24. The molecule has 138 valence electrons. The number of aromatic amines is 2. The number of rotatable bonds is 4. The Labute approximate surface area is 163 Å². The van der Waals surface area contributed by atoms with Crippen molar-refractivity contribution in [2.24, 2.45) is 0 Å². The minimum absolute atomic E-state index is 0.802. The molecule has 0 saturated carbocycles. The molecule has 0 amide bonds. The first-order valence-electron chi connectivity index (χ1n) is 9.56. The molecule has 2 aromatic carbocycles. The Kier molecular flexibility index (Phi) is 4.30. The largest absolute Gasteiger partial charge is 0.369 e. The number of benzene rings is 2. The third-order valence-electron chi connectivity index (χ3n) is 5.70. The summed E-state index contributed by atoms with van der Waals surface area (Å²) in [6, 6.07) is 14.9. The van der Waals surface area contributed by atoms with Crippen molar-refractivity contribution >= 4 is 39.1 Å². The lowest BCUT2D eigenvalue weighted by Crippen LogP contribution is -2.46. The lowest BCUT2D eigenvalue weighted by molar-refractivity contribution is 0.261. The van der Waals surface area contributed by atoms with Crippen molar-refractivity contribution in [1.29, 1.82) is 0 Å². The van der Waals surface area contributed by atoms with E-state index in [9.17, 15) is 0 Å². The zero-order valence-corrected chi connectivity index (χ0v) is 16.0. The van der Waals surface area contributed by atoms with Crippen LogP contribution in [-0.2, 0) is 6.42 Å². The predicted octanol–water partition coefficient (Wildman–Crippen LogP) is 4.67. The van der Waals surface area contributed by atoms with Crippen molar-refractivity contribution in [3.63, 3.8) is 0 Å². The van der Waals surface area contributed by atoms with Crippen molar-refractivity contribution in [2.75, 3.05) is 37.6 Å². The van der Waals surface area contributed by atoms with Gasteiger partial charge >= 0.3 is 0 Å². The van der Waals surface area contributed by atoms with Crippen LogP contribution in [0.5, 0.6) is 0 Å². The first-order valence-corrected chi connectivity index (χ1v) is 9.94. The molecule has 0 aliphatic carbocycles. The van der Waals surface area contributed by atoms with Crippen LogP contribution in [0.2, 0.25) is 5.02 Å². The normalized spacial score (nSPS) is 15.8. The molecule has 0 spiro atoms. The molecule has 3 heterocycles. The van der Waals surface area contributed by atoms with Gasteiger partial charge in [-0.15, -0.1) is 0 Å². The summed E-state index contributed by atoms with van der Waals surface area (Å²) in [7, 11) is 0. The molecule has 0 radical (unpaired) electrons. The molecular formula is C22H23ClN4. The van der Waals surface area contributed by atoms with Crippen LogP contribution >= 0.6 is 11.6 Å². The SMILES string of the molecule is Clc1ccc2[nH]cc(CCN3CCN(c4ccc5[nH]ccc5c4)CC3)c2c1. The van der Waals surface area contributed by atoms with Gasteiger partial charge in [-0.2, -0.15) is 0 Å². The van der Waals surface area contributed by atoms with Crippen molar-refractivity contribution in [2.45, 2.75) is 6.42 Å². The minimum Gasteiger partial charge on any atom is -0.369 e. The smallest absolute Gasteiger partial charge is 0.0457 e. The summed E-state index contributed by atoms with van der Waals surface area (Å²) >= 11 is 6.17. The molecule has 1 aliphatic heterocycles. The number of aromatic nitrogens is 2. The van der Waals surface area contributed by atoms with Gasteiger partial charge in [0.15, 0.2) is 0 Å². The van der Waals surface area contributed by atoms with E-state index in [2.05, 4.69) is 62.4 Å². The average Bonchev–Trinajstić information content (AvgIpc) is 3.32. The Balaban J connectivity index is 1.21. The molecule has 0 unspecified atom stereocenters. The van der Waals surface area contributed by atoms with E-state index in [1.54, 1.807) is 0 Å². The molecule has 4 aromatic rings. The number of piperazine rings is 1. The minimum atomic E-state index is 0.802. The number of halogens is 1. The second-order valence-electron chi connectivity index (χ2n) is 7.33. The van der Waals surface area contributed by atoms with Gasteiger partial charge in [0.25, 0.3) is 0 Å². The highest BCUT2D eigenvalue weighted by Gasteiger charge is 2.18. The molecule has 5 heteroatoms. The van der Waals surface area contributed by atoms with Gasteiger partial charge in [-0.1, -0.05) is 11.6 Å². The van der Waals surface area contributed by atoms with E-state index in [1.165, 1.54) is 33.1 Å². The molecule has 27 heavy (non-hydrogen) atoms. The Morgan fingerprint density at radius 2 is 1.74 bits per heavy atom. The quantitative estimate of drug-likeness (QED) is 0.541. The van der Waals surface area contributed by atoms with Gasteiger partial charge in [0.1, 0.15) is 0 Å². The van der Waals surface area contributed by atoms with Gasteiger partial charge < -0.3 is 14.9 Å². The fourth-order valence-corrected chi connectivity index (χ4v) is 4.28. The van der Waals surface area contributed by atoms with Crippen molar-refractivity contribution < 1.29 is 0 Å². The monoisotopic (exact) mass is 378 g/mol. The maximum atomic E-state index is 6.17. The van der Waals surface area contributed by atoms with Crippen LogP contribution in [0, 0.1) is 0 Å². The molecule has 2 N–H and O–H groups in total. The Hall–Kier alpha value is -2.43. The summed E-state index contributed by atoms with van der Waals surface area (Å²) in [4.78, 5) is 11.7. The van der Waals surface area contributed by atoms with Crippen LogP contribution in [0.1, 0.15) is 5.56 Å². The fourth-order valence-electron chi connectivity index (χ4n) is 4.10. The number of hydrogen-bond donors (Lipinski definition) is 2. The topological polar surface area (TPSA) is 38.1 Å². The first kappa shape index (κ1) is 16.7. The number of anilines is 1. The fraction of sp³-hybridized carbons (Fsp3) is 0.273. The molecule has 1 aliphatic rings. The van der Waals surface area contributed by atoms with E-state index >= 15 is 0 Å². The van der Waals surface area contributed by atoms with Crippen LogP contribution in [-0.4, -0.2) is 47.6 Å². The number of fused-ring (bicyclic) bond motifs is 2. The molecule has 2 aromatic heterocycles. The van der Waals surface area contributed by atoms with E-state index in [0.29, 0.717) is 0 Å². The van der Waals surface area contributed by atoms with Gasteiger partial charge in [-0.05, 0) is 54.4 Å². The predicted molar refractivity (Wildman–Crippen MR) is 114 cm³/mol. The molecule has 5 rings (SSSR count). The first-order chi connectivity index (χ1) is 13.3. The van der Waals surface area contributed by atoms with Gasteiger partial charge in [0, 0.05) is 77.6 Å². The van der Waals surface area contributed by atoms with E-state index in [1.807, 2.05) is 12.3 Å². The third-order valence-corrected chi connectivity index (χ3v) is 5.94. The van der Waals surface area contributed by atoms with E-state index in [4.69, 9.17) is 11.6 Å². The lowest BCUT2D eigenvalue weighted by Gasteiger charge is -2.36. The molecule has 0 bridgehead atoms. The summed E-state index contributed by atoms with van der Waals surface area (Å²) in [6.45, 7) is 5.46. The third kappa shape index (κ3) is 3.31. The molecule has 1 saturated heterocycles. The standard InChI is InChI=1S/C22H23ClN4/c23-18-1-3-22-20(14-18)17(15-25-22)6-8-26-9-11-27(12-10-26)19-2-4-21-16(13-19)5-7-24-21/h1-5,7,13-15,24-25H,6,8-12H2. The molecule has 0 atom stereocenters. The number of H-pyrrole nitrogens is 2. The number of nitrogens with zero attached hydrogens (tertiary/aromatic N) is 2. The van der Waals surface area contributed by atoms with Crippen LogP contribution in [0.15, 0.2) is 54.9 Å². The zero-order chi connectivity index (χ0) is 18.2. The van der Waals surface area contributed by atoms with Crippen molar-refractivity contribution in [1.82, 2.24) is 14.9 Å². The molecular weight excluding hydrogens is 356 g/mol. The average molecular weight is 379 g/mol. The lowest BCUT2D eigenvalue weighted by atomic mass is 10.1. The Morgan fingerprint density at radius 3 is 2.63 bits per heavy atom. The Morgan fingerprint density at radius 1 is 0.889 bits per heavy atom. The summed E-state index contributed by atoms with van der Waals surface area (Å²) in [5.74, 6) is 0. The van der Waals surface area contributed by atoms with E-state index < -0.39 is 0 Å². The number of nitrogens with one attached hydrogen (secondary N) is 2. The Bertz CT molecular complexity index is 1070. The summed E-state index contributed by atoms with van der Waals surface area (Å²) in [5, 5.41) is 3.34. The van der Waals surface area contributed by atoms with Gasteiger partial charge in [-0.25, -0.2) is 0 Å². The van der Waals surface area contributed by atoms with E-state index in [-0.39, 0.29) is 0 Å². The summed E-state index contributed by atoms with van der Waals surface area (Å²) in [6.07, 6.45) is 5.18. The second-order valence-corrected chi connectivity index (χ2v) is 7.77. The van der Waals surface area contributed by atoms with Crippen LogP contribution < -0.4 is 4.90 Å². The van der Waals surface area contributed by atoms with Gasteiger partial charge in [0.05, 0.1) is 0 Å². The van der Waals surface area contributed by atoms with Crippen molar-refractivity contribution in [3.8, 4) is 0 Å². The molecule has 4 nitrogen and oxygen atoms in total. The summed E-state index contributed by atoms with van der Waals surface area (Å²) < 4.78 is 0. The van der Waals surface area contributed by atoms with E-state index in [0.717, 1.165) is 44.2 Å². The molecule has 1 fully saturated rings. The zero-order valence-electron chi connectivity index (χ0n) is 15.2. The highest BCUT2D eigenvalue weighted by atomic mass is 35.5. The maximum absolute atomic E-state index is 6.17. The second kappa shape index (κ2) is 6.95. The van der Waals surface area contributed by atoms with Crippen molar-refractivity contribution in [3.05, 3.63) is 65.4 Å². The summed E-state index contributed by atoms with van der Waals surface area (Å²) in [5.41, 5.74) is 5.05. The van der Waals surface area contributed by atoms with Gasteiger partial charge in [-0.3, -0.25) is 4.90 Å². The maximum Gasteiger partial charge on any atom is 0.0457 e.